The monoisotopic (exact) mass is 534 g/mol. The zero-order valence-corrected chi connectivity index (χ0v) is 22.6. The average Bonchev–Trinajstić information content (AvgIpc) is 3.38. The maximum absolute atomic E-state index is 12.7. The van der Waals surface area contributed by atoms with Crippen LogP contribution in [-0.4, -0.2) is 60.9 Å². The molecule has 2 atom stereocenters. The average molecular weight is 535 g/mol. The fourth-order valence-corrected chi connectivity index (χ4v) is 4.99. The molecular formula is C27H34O9S. The van der Waals surface area contributed by atoms with Crippen LogP contribution in [0.3, 0.4) is 0 Å². The van der Waals surface area contributed by atoms with Crippen molar-refractivity contribution in [3.05, 3.63) is 35.4 Å². The molecule has 0 saturated carbocycles. The normalized spacial score (nSPS) is 17.0. The third-order valence-corrected chi connectivity index (χ3v) is 6.95. The molecule has 0 radical (unpaired) electrons. The lowest BCUT2D eigenvalue weighted by Gasteiger charge is -2.20. The number of benzene rings is 2. The van der Waals surface area contributed by atoms with E-state index in [2.05, 4.69) is 11.8 Å². The van der Waals surface area contributed by atoms with E-state index >= 15 is 0 Å². The van der Waals surface area contributed by atoms with Crippen LogP contribution in [0.25, 0.3) is 0 Å². The van der Waals surface area contributed by atoms with Gasteiger partial charge in [0.05, 0.1) is 40.1 Å². The lowest BCUT2D eigenvalue weighted by molar-refractivity contribution is 0.0435. The van der Waals surface area contributed by atoms with Crippen LogP contribution in [0.15, 0.2) is 29.2 Å². The fraction of sp³-hybridized carbons (Fsp3) is 0.481. The van der Waals surface area contributed by atoms with Crippen LogP contribution in [0.1, 0.15) is 49.5 Å². The lowest BCUT2D eigenvalue weighted by atomic mass is 10.0. The summed E-state index contributed by atoms with van der Waals surface area (Å²) >= 11 is 0. The molecule has 1 saturated heterocycles. The first-order valence-corrected chi connectivity index (χ1v) is 13.8. The maximum atomic E-state index is 12.7. The smallest absolute Gasteiger partial charge is 0.203 e. The first kappa shape index (κ1) is 28.4. The summed E-state index contributed by atoms with van der Waals surface area (Å²) in [5, 5.41) is 8.91. The van der Waals surface area contributed by atoms with Crippen molar-refractivity contribution < 1.29 is 41.9 Å². The third-order valence-electron chi connectivity index (χ3n) is 5.85. The summed E-state index contributed by atoms with van der Waals surface area (Å²) in [6, 6.07) is 7.04. The van der Waals surface area contributed by atoms with Crippen LogP contribution in [-0.2, 0) is 14.6 Å². The number of hydrogen-bond donors (Lipinski definition) is 1. The molecule has 0 amide bonds. The van der Waals surface area contributed by atoms with E-state index in [4.69, 9.17) is 33.5 Å². The highest BCUT2D eigenvalue weighted by Gasteiger charge is 2.32. The van der Waals surface area contributed by atoms with Crippen molar-refractivity contribution in [1.82, 2.24) is 0 Å². The summed E-state index contributed by atoms with van der Waals surface area (Å²) in [4.78, 5) is 0.0309. The van der Waals surface area contributed by atoms with Crippen molar-refractivity contribution in [3.8, 4) is 40.6 Å². The van der Waals surface area contributed by atoms with Crippen LogP contribution in [0.4, 0.5) is 0 Å². The van der Waals surface area contributed by atoms with Gasteiger partial charge >= 0.3 is 0 Å². The number of hydrogen-bond acceptors (Lipinski definition) is 9. The molecule has 0 unspecified atom stereocenters. The van der Waals surface area contributed by atoms with Crippen LogP contribution in [0, 0.1) is 11.8 Å². The molecule has 37 heavy (non-hydrogen) atoms. The summed E-state index contributed by atoms with van der Waals surface area (Å²) in [7, 11) is 1.01. The van der Waals surface area contributed by atoms with Gasteiger partial charge in [0.25, 0.3) is 0 Å². The molecule has 1 N–H and O–H groups in total. The van der Waals surface area contributed by atoms with Crippen molar-refractivity contribution in [2.75, 3.05) is 47.4 Å². The van der Waals surface area contributed by atoms with Gasteiger partial charge < -0.3 is 33.5 Å². The second-order valence-corrected chi connectivity index (χ2v) is 10.4. The summed E-state index contributed by atoms with van der Waals surface area (Å²) in [6.45, 7) is 1.92. The van der Waals surface area contributed by atoms with Crippen molar-refractivity contribution in [1.29, 1.82) is 0 Å². The Labute approximate surface area is 218 Å². The second-order valence-electron chi connectivity index (χ2n) is 8.42. The standard InChI is InChI=1S/C27H34O9S/c1-6-12-35-27-24(34-13-8-7-11-28)16-19(17-25(27)37(5,29)30)21-10-9-20(36-21)18-14-22(31-2)26(33-4)23(15-18)32-3/h14-17,20-21,28H,6,9-13H2,1-5H3/t20-,21-/m1/s1. The van der Waals surface area contributed by atoms with Gasteiger partial charge in [-0.25, -0.2) is 8.42 Å². The largest absolute Gasteiger partial charge is 0.493 e. The summed E-state index contributed by atoms with van der Waals surface area (Å²) in [5.74, 6) is 7.16. The Hall–Kier alpha value is -3.13. The van der Waals surface area contributed by atoms with Gasteiger partial charge in [0.15, 0.2) is 32.8 Å². The lowest BCUT2D eigenvalue weighted by Crippen LogP contribution is -2.09. The zero-order chi connectivity index (χ0) is 27.0. The van der Waals surface area contributed by atoms with E-state index < -0.39 is 9.84 Å². The van der Waals surface area contributed by atoms with E-state index in [1.54, 1.807) is 33.5 Å². The molecule has 1 aliphatic rings. The topological polar surface area (TPSA) is 110 Å². The summed E-state index contributed by atoms with van der Waals surface area (Å²) < 4.78 is 59.8. The highest BCUT2D eigenvalue weighted by atomic mass is 32.2. The minimum atomic E-state index is -3.65. The van der Waals surface area contributed by atoms with Crippen molar-refractivity contribution >= 4 is 9.84 Å². The Morgan fingerprint density at radius 3 is 2.00 bits per heavy atom. The van der Waals surface area contributed by atoms with E-state index in [0.717, 1.165) is 11.8 Å². The highest BCUT2D eigenvalue weighted by Crippen LogP contribution is 2.47. The number of ether oxygens (including phenoxy) is 6. The second kappa shape index (κ2) is 12.9. The van der Waals surface area contributed by atoms with E-state index in [1.807, 2.05) is 19.1 Å². The molecule has 1 aliphatic heterocycles. The van der Waals surface area contributed by atoms with Crippen molar-refractivity contribution in [3.63, 3.8) is 0 Å². The zero-order valence-electron chi connectivity index (χ0n) is 21.8. The van der Waals surface area contributed by atoms with Crippen LogP contribution < -0.4 is 23.7 Å². The molecule has 3 rings (SSSR count). The summed E-state index contributed by atoms with van der Waals surface area (Å²) in [6.07, 6.45) is 2.53. The Bertz CT molecular complexity index is 1220. The van der Waals surface area contributed by atoms with Gasteiger partial charge in [0, 0.05) is 6.26 Å². The van der Waals surface area contributed by atoms with Crippen molar-refractivity contribution in [2.45, 2.75) is 43.3 Å². The molecule has 0 spiro atoms. The van der Waals surface area contributed by atoms with E-state index in [9.17, 15) is 8.42 Å². The highest BCUT2D eigenvalue weighted by molar-refractivity contribution is 7.90. The molecule has 0 aliphatic carbocycles. The minimum Gasteiger partial charge on any atom is -0.493 e. The molecule has 10 heteroatoms. The molecular weight excluding hydrogens is 500 g/mol. The number of aliphatic hydroxyl groups is 1. The number of methoxy groups -OCH3 is 3. The van der Waals surface area contributed by atoms with Crippen LogP contribution in [0.2, 0.25) is 0 Å². The van der Waals surface area contributed by atoms with Gasteiger partial charge in [-0.05, 0) is 54.7 Å². The molecule has 0 aromatic heterocycles. The Morgan fingerprint density at radius 2 is 1.49 bits per heavy atom. The van der Waals surface area contributed by atoms with Gasteiger partial charge in [-0.15, -0.1) is 0 Å². The molecule has 9 nitrogen and oxygen atoms in total. The minimum absolute atomic E-state index is 0.0309. The van der Waals surface area contributed by atoms with Gasteiger partial charge in [0.2, 0.25) is 5.75 Å². The van der Waals surface area contributed by atoms with Gasteiger partial charge in [0.1, 0.15) is 18.1 Å². The number of rotatable bonds is 11. The van der Waals surface area contributed by atoms with Gasteiger partial charge in [-0.1, -0.05) is 18.8 Å². The maximum Gasteiger partial charge on any atom is 0.203 e. The molecule has 2 aromatic rings. The van der Waals surface area contributed by atoms with E-state index in [-0.39, 0.29) is 41.8 Å². The van der Waals surface area contributed by atoms with Crippen molar-refractivity contribution in [2.24, 2.45) is 0 Å². The first-order valence-electron chi connectivity index (χ1n) is 11.9. The number of aliphatic hydroxyl groups excluding tert-OH is 1. The summed E-state index contributed by atoms with van der Waals surface area (Å²) in [5.41, 5.74) is 1.52. The van der Waals surface area contributed by atoms with Crippen LogP contribution >= 0.6 is 0 Å². The van der Waals surface area contributed by atoms with E-state index in [0.29, 0.717) is 48.7 Å². The first-order chi connectivity index (χ1) is 17.8. The SMILES string of the molecule is CCCOc1c(OCC#CCO)cc([C@H]2CC[C@H](c3cc(OC)c(OC)c(OC)c3)O2)cc1S(C)(=O)=O. The van der Waals surface area contributed by atoms with E-state index in [1.165, 1.54) is 0 Å². The third kappa shape index (κ3) is 6.80. The molecule has 2 aromatic carbocycles. The molecule has 1 heterocycles. The molecule has 1 fully saturated rings. The Balaban J connectivity index is 1.98. The quantitative estimate of drug-likeness (QED) is 0.430. The molecule has 202 valence electrons. The Kier molecular flexibility index (Phi) is 9.92. The predicted molar refractivity (Wildman–Crippen MR) is 138 cm³/mol. The molecule has 0 bridgehead atoms. The van der Waals surface area contributed by atoms with Gasteiger partial charge in [-0.2, -0.15) is 0 Å². The predicted octanol–water partition coefficient (Wildman–Crippen LogP) is 3.87. The van der Waals surface area contributed by atoms with Crippen LogP contribution in [0.5, 0.6) is 28.7 Å². The Morgan fingerprint density at radius 1 is 0.892 bits per heavy atom. The fourth-order valence-electron chi connectivity index (χ4n) is 4.15. The number of sulfone groups is 1. The van der Waals surface area contributed by atoms with Gasteiger partial charge in [-0.3, -0.25) is 0 Å².